The van der Waals surface area contributed by atoms with Gasteiger partial charge < -0.3 is 29.0 Å². The predicted octanol–water partition coefficient (Wildman–Crippen LogP) is 1.45. The second-order valence-electron chi connectivity index (χ2n) is 6.67. The highest BCUT2D eigenvalue weighted by atomic mass is 16.7. The Balaban J connectivity index is 1.59. The molecule has 0 saturated carbocycles. The van der Waals surface area contributed by atoms with E-state index in [0.717, 1.165) is 62.9 Å². The van der Waals surface area contributed by atoms with E-state index in [2.05, 4.69) is 0 Å². The molecule has 2 aliphatic heterocycles. The monoisotopic (exact) mass is 350 g/mol. The Morgan fingerprint density at radius 1 is 0.840 bits per heavy atom. The quantitative estimate of drug-likeness (QED) is 0.725. The molecule has 3 rings (SSSR count). The molecule has 25 heavy (non-hydrogen) atoms. The lowest BCUT2D eigenvalue weighted by atomic mass is 9.78. The van der Waals surface area contributed by atoms with E-state index in [1.165, 1.54) is 0 Å². The molecule has 0 amide bonds. The van der Waals surface area contributed by atoms with E-state index in [9.17, 15) is 10.0 Å². The zero-order valence-electron chi connectivity index (χ0n) is 14.6. The van der Waals surface area contributed by atoms with Gasteiger partial charge in [-0.3, -0.25) is 0 Å². The lowest BCUT2D eigenvalue weighted by molar-refractivity contribution is -0.169. The summed E-state index contributed by atoms with van der Waals surface area (Å²) in [5.74, 6) is 0. The molecular weight excluding hydrogens is 323 g/mol. The zero-order valence-corrected chi connectivity index (χ0v) is 14.6. The summed E-state index contributed by atoms with van der Waals surface area (Å²) in [6.07, 6.45) is 5.84. The van der Waals surface area contributed by atoms with Gasteiger partial charge in [-0.25, -0.2) is 0 Å². The SMILES string of the molecule is OB(O)c1cc(COC2CCCCO2)cc(COC2CCCCO2)c1. The first-order valence-electron chi connectivity index (χ1n) is 9.16. The highest BCUT2D eigenvalue weighted by Crippen LogP contribution is 2.18. The van der Waals surface area contributed by atoms with E-state index in [-0.39, 0.29) is 12.6 Å². The van der Waals surface area contributed by atoms with Gasteiger partial charge in [0.2, 0.25) is 0 Å². The van der Waals surface area contributed by atoms with Crippen molar-refractivity contribution in [1.29, 1.82) is 0 Å². The molecule has 138 valence electrons. The van der Waals surface area contributed by atoms with Gasteiger partial charge in [0.05, 0.1) is 13.2 Å². The Morgan fingerprint density at radius 3 is 1.76 bits per heavy atom. The van der Waals surface area contributed by atoms with Crippen molar-refractivity contribution in [3.05, 3.63) is 29.3 Å². The van der Waals surface area contributed by atoms with Gasteiger partial charge in [-0.2, -0.15) is 0 Å². The molecule has 2 unspecified atom stereocenters. The fraction of sp³-hybridized carbons (Fsp3) is 0.667. The van der Waals surface area contributed by atoms with Crippen LogP contribution in [0, 0.1) is 0 Å². The highest BCUT2D eigenvalue weighted by Gasteiger charge is 2.18. The first-order chi connectivity index (χ1) is 12.2. The van der Waals surface area contributed by atoms with E-state index in [1.807, 2.05) is 6.07 Å². The van der Waals surface area contributed by atoms with Crippen molar-refractivity contribution in [1.82, 2.24) is 0 Å². The molecule has 2 aliphatic rings. The molecule has 2 N–H and O–H groups in total. The largest absolute Gasteiger partial charge is 0.488 e. The van der Waals surface area contributed by atoms with Crippen LogP contribution >= 0.6 is 0 Å². The van der Waals surface area contributed by atoms with E-state index in [1.54, 1.807) is 12.1 Å². The highest BCUT2D eigenvalue weighted by molar-refractivity contribution is 6.58. The van der Waals surface area contributed by atoms with Gasteiger partial charge in [0.25, 0.3) is 0 Å². The first-order valence-corrected chi connectivity index (χ1v) is 9.16. The maximum Gasteiger partial charge on any atom is 0.488 e. The second-order valence-corrected chi connectivity index (χ2v) is 6.67. The van der Waals surface area contributed by atoms with Crippen molar-refractivity contribution < 1.29 is 29.0 Å². The molecule has 2 fully saturated rings. The van der Waals surface area contributed by atoms with Gasteiger partial charge in [-0.05, 0) is 55.1 Å². The summed E-state index contributed by atoms with van der Waals surface area (Å²) in [6, 6.07) is 5.46. The molecule has 0 bridgehead atoms. The van der Waals surface area contributed by atoms with E-state index < -0.39 is 7.12 Å². The fourth-order valence-electron chi connectivity index (χ4n) is 3.17. The molecule has 7 heteroatoms. The standard InChI is InChI=1S/C18H27BO6/c20-19(21)16-10-14(12-24-17-5-1-3-7-22-17)9-15(11-16)13-25-18-6-2-4-8-23-18/h9-11,17-18,20-21H,1-8,12-13H2. The van der Waals surface area contributed by atoms with Crippen molar-refractivity contribution in [3.63, 3.8) is 0 Å². The predicted molar refractivity (Wildman–Crippen MR) is 93.0 cm³/mol. The second kappa shape index (κ2) is 9.66. The van der Waals surface area contributed by atoms with E-state index in [4.69, 9.17) is 18.9 Å². The Kier molecular flexibility index (Phi) is 7.28. The van der Waals surface area contributed by atoms with Gasteiger partial charge in [-0.15, -0.1) is 0 Å². The summed E-state index contributed by atoms with van der Waals surface area (Å²) in [5.41, 5.74) is 2.19. The number of rotatable bonds is 7. The molecule has 0 radical (unpaired) electrons. The summed E-state index contributed by atoms with van der Waals surface area (Å²) in [4.78, 5) is 0. The Morgan fingerprint density at radius 2 is 1.36 bits per heavy atom. The zero-order chi connectivity index (χ0) is 17.5. The van der Waals surface area contributed by atoms with Gasteiger partial charge in [-0.1, -0.05) is 18.2 Å². The summed E-state index contributed by atoms with van der Waals surface area (Å²) < 4.78 is 22.7. The minimum atomic E-state index is -1.52. The molecule has 6 nitrogen and oxygen atoms in total. The maximum absolute atomic E-state index is 9.53. The van der Waals surface area contributed by atoms with Crippen LogP contribution in [0.1, 0.15) is 49.7 Å². The third-order valence-electron chi connectivity index (χ3n) is 4.52. The Hall–Kier alpha value is -0.955. The van der Waals surface area contributed by atoms with Crippen LogP contribution in [0.4, 0.5) is 0 Å². The topological polar surface area (TPSA) is 77.4 Å². The smallest absolute Gasteiger partial charge is 0.423 e. The molecule has 1 aromatic rings. The minimum absolute atomic E-state index is 0.174. The van der Waals surface area contributed by atoms with Crippen molar-refractivity contribution in [3.8, 4) is 0 Å². The average molecular weight is 350 g/mol. The van der Waals surface area contributed by atoms with Gasteiger partial charge in [0, 0.05) is 13.2 Å². The van der Waals surface area contributed by atoms with Crippen LogP contribution in [0.3, 0.4) is 0 Å². The molecule has 0 aromatic heterocycles. The number of hydrogen-bond acceptors (Lipinski definition) is 6. The third kappa shape index (κ3) is 6.06. The number of benzene rings is 1. The van der Waals surface area contributed by atoms with Crippen LogP contribution in [0.2, 0.25) is 0 Å². The molecule has 2 saturated heterocycles. The van der Waals surface area contributed by atoms with Crippen LogP contribution in [0.5, 0.6) is 0 Å². The van der Waals surface area contributed by atoms with Crippen molar-refractivity contribution in [2.75, 3.05) is 13.2 Å². The maximum atomic E-state index is 9.53. The molecule has 0 spiro atoms. The van der Waals surface area contributed by atoms with Crippen LogP contribution < -0.4 is 5.46 Å². The van der Waals surface area contributed by atoms with E-state index >= 15 is 0 Å². The van der Waals surface area contributed by atoms with Crippen molar-refractivity contribution in [2.45, 2.75) is 64.3 Å². The summed E-state index contributed by atoms with van der Waals surface area (Å²) in [7, 11) is -1.52. The van der Waals surface area contributed by atoms with Gasteiger partial charge in [0.1, 0.15) is 0 Å². The van der Waals surface area contributed by atoms with Gasteiger partial charge >= 0.3 is 7.12 Å². The van der Waals surface area contributed by atoms with Gasteiger partial charge in [0.15, 0.2) is 12.6 Å². The lowest BCUT2D eigenvalue weighted by Crippen LogP contribution is -2.31. The molecule has 0 aliphatic carbocycles. The van der Waals surface area contributed by atoms with Crippen LogP contribution in [0.15, 0.2) is 18.2 Å². The number of ether oxygens (including phenoxy) is 4. The summed E-state index contributed by atoms with van der Waals surface area (Å²) in [5, 5.41) is 19.1. The normalized spacial score (nSPS) is 24.2. The third-order valence-corrected chi connectivity index (χ3v) is 4.52. The fourth-order valence-corrected chi connectivity index (χ4v) is 3.17. The molecular formula is C18H27BO6. The first kappa shape index (κ1) is 18.8. The number of hydrogen-bond donors (Lipinski definition) is 2. The molecule has 1 aromatic carbocycles. The van der Waals surface area contributed by atoms with Crippen molar-refractivity contribution in [2.24, 2.45) is 0 Å². The Bertz CT molecular complexity index is 486. The van der Waals surface area contributed by atoms with Crippen LogP contribution in [0.25, 0.3) is 0 Å². The lowest BCUT2D eigenvalue weighted by Gasteiger charge is -2.24. The molecule has 2 atom stereocenters. The van der Waals surface area contributed by atoms with Crippen LogP contribution in [-0.4, -0.2) is 43.0 Å². The summed E-state index contributed by atoms with van der Waals surface area (Å²) in [6.45, 7) is 2.22. The molecule has 2 heterocycles. The Labute approximate surface area is 149 Å². The van der Waals surface area contributed by atoms with Crippen LogP contribution in [-0.2, 0) is 32.2 Å². The summed E-state index contributed by atoms with van der Waals surface area (Å²) >= 11 is 0. The average Bonchev–Trinajstić information content (AvgIpc) is 2.66. The minimum Gasteiger partial charge on any atom is -0.423 e. The van der Waals surface area contributed by atoms with E-state index in [0.29, 0.717) is 18.7 Å². The van der Waals surface area contributed by atoms with Crippen molar-refractivity contribution >= 4 is 12.6 Å².